The molecule has 0 aromatic rings. The molecule has 2 heterocycles. The number of carbonyl (C=O) groups excluding carboxylic acids is 1. The maximum atomic E-state index is 12.0. The fourth-order valence-corrected chi connectivity index (χ4v) is 3.18. The van der Waals surface area contributed by atoms with Crippen LogP contribution < -0.4 is 0 Å². The SMILES string of the molecule is CCC1CCCCN1CCC(=O)N1CCCC1. The quantitative estimate of drug-likeness (QED) is 0.750. The molecule has 0 N–H and O–H groups in total. The molecule has 0 aliphatic carbocycles. The summed E-state index contributed by atoms with van der Waals surface area (Å²) in [6.07, 6.45) is 8.38. The summed E-state index contributed by atoms with van der Waals surface area (Å²) in [6.45, 7) is 6.44. The van der Waals surface area contributed by atoms with Crippen molar-refractivity contribution in [2.75, 3.05) is 26.2 Å². The van der Waals surface area contributed by atoms with Crippen LogP contribution in [0.3, 0.4) is 0 Å². The van der Waals surface area contributed by atoms with E-state index in [0.29, 0.717) is 5.91 Å². The standard InChI is InChI=1S/C14H26N2O/c1-2-13-7-3-4-9-15(13)12-8-14(17)16-10-5-6-11-16/h13H,2-12H2,1H3. The Kier molecular flexibility index (Phi) is 4.84. The zero-order chi connectivity index (χ0) is 12.1. The van der Waals surface area contributed by atoms with E-state index in [9.17, 15) is 4.79 Å². The molecule has 3 nitrogen and oxygen atoms in total. The second kappa shape index (κ2) is 6.39. The first-order valence-corrected chi connectivity index (χ1v) is 7.33. The topological polar surface area (TPSA) is 23.6 Å². The average Bonchev–Trinajstić information content (AvgIpc) is 2.90. The minimum absolute atomic E-state index is 0.378. The number of piperidine rings is 1. The third-order valence-corrected chi connectivity index (χ3v) is 4.29. The van der Waals surface area contributed by atoms with Crippen molar-refractivity contribution in [3.05, 3.63) is 0 Å². The molecule has 0 spiro atoms. The highest BCUT2D eigenvalue weighted by molar-refractivity contribution is 5.76. The highest BCUT2D eigenvalue weighted by Crippen LogP contribution is 2.20. The second-order valence-corrected chi connectivity index (χ2v) is 5.43. The molecule has 2 rings (SSSR count). The summed E-state index contributed by atoms with van der Waals surface area (Å²) in [6, 6.07) is 0.732. The van der Waals surface area contributed by atoms with Crippen molar-refractivity contribution in [1.82, 2.24) is 9.80 Å². The first-order chi connectivity index (χ1) is 8.31. The van der Waals surface area contributed by atoms with Crippen molar-refractivity contribution >= 4 is 5.91 Å². The lowest BCUT2D eigenvalue weighted by molar-refractivity contribution is -0.130. The molecule has 0 bridgehead atoms. The number of nitrogens with zero attached hydrogens (tertiary/aromatic N) is 2. The van der Waals surface area contributed by atoms with Crippen LogP contribution in [0.15, 0.2) is 0 Å². The third kappa shape index (κ3) is 3.44. The van der Waals surface area contributed by atoms with Gasteiger partial charge in [-0.1, -0.05) is 13.3 Å². The summed E-state index contributed by atoms with van der Waals surface area (Å²) >= 11 is 0. The lowest BCUT2D eigenvalue weighted by Crippen LogP contribution is -2.41. The van der Waals surface area contributed by atoms with Gasteiger partial charge in [0, 0.05) is 32.1 Å². The lowest BCUT2D eigenvalue weighted by Gasteiger charge is -2.35. The van der Waals surface area contributed by atoms with E-state index in [0.717, 1.165) is 32.1 Å². The van der Waals surface area contributed by atoms with E-state index in [1.165, 1.54) is 45.1 Å². The Hall–Kier alpha value is -0.570. The van der Waals surface area contributed by atoms with Crippen molar-refractivity contribution in [1.29, 1.82) is 0 Å². The van der Waals surface area contributed by atoms with Crippen LogP contribution in [0.1, 0.15) is 51.9 Å². The number of carbonyl (C=O) groups is 1. The van der Waals surface area contributed by atoms with E-state index in [2.05, 4.69) is 11.8 Å². The smallest absolute Gasteiger partial charge is 0.223 e. The minimum atomic E-state index is 0.378. The molecule has 2 aliphatic rings. The van der Waals surface area contributed by atoms with E-state index in [-0.39, 0.29) is 0 Å². The molecule has 0 aromatic heterocycles. The van der Waals surface area contributed by atoms with Crippen LogP contribution in [0, 0.1) is 0 Å². The number of hydrogen-bond acceptors (Lipinski definition) is 2. The first-order valence-electron chi connectivity index (χ1n) is 7.33. The van der Waals surface area contributed by atoms with E-state index in [1.54, 1.807) is 0 Å². The van der Waals surface area contributed by atoms with Gasteiger partial charge in [0.1, 0.15) is 0 Å². The van der Waals surface area contributed by atoms with Gasteiger partial charge in [-0.3, -0.25) is 9.69 Å². The number of amides is 1. The number of likely N-dealkylation sites (tertiary alicyclic amines) is 2. The van der Waals surface area contributed by atoms with Crippen LogP contribution in [0.2, 0.25) is 0 Å². The molecule has 2 fully saturated rings. The van der Waals surface area contributed by atoms with Crippen LogP contribution in [0.25, 0.3) is 0 Å². The largest absolute Gasteiger partial charge is 0.343 e. The van der Waals surface area contributed by atoms with E-state index >= 15 is 0 Å². The normalized spacial score (nSPS) is 26.4. The van der Waals surface area contributed by atoms with Gasteiger partial charge in [-0.15, -0.1) is 0 Å². The third-order valence-electron chi connectivity index (χ3n) is 4.29. The zero-order valence-electron chi connectivity index (χ0n) is 11.2. The Morgan fingerprint density at radius 2 is 1.82 bits per heavy atom. The Morgan fingerprint density at radius 1 is 1.12 bits per heavy atom. The van der Waals surface area contributed by atoms with Gasteiger partial charge in [0.05, 0.1) is 0 Å². The van der Waals surface area contributed by atoms with E-state index in [4.69, 9.17) is 0 Å². The van der Waals surface area contributed by atoms with Gasteiger partial charge >= 0.3 is 0 Å². The summed E-state index contributed by atoms with van der Waals surface area (Å²) in [5.74, 6) is 0.378. The summed E-state index contributed by atoms with van der Waals surface area (Å²) in [5, 5.41) is 0. The van der Waals surface area contributed by atoms with Crippen molar-refractivity contribution < 1.29 is 4.79 Å². The molecule has 1 atom stereocenters. The summed E-state index contributed by atoms with van der Waals surface area (Å²) in [4.78, 5) is 16.6. The van der Waals surface area contributed by atoms with Gasteiger partial charge in [0.15, 0.2) is 0 Å². The lowest BCUT2D eigenvalue weighted by atomic mass is 10.00. The van der Waals surface area contributed by atoms with Crippen molar-refractivity contribution in [3.63, 3.8) is 0 Å². The van der Waals surface area contributed by atoms with Gasteiger partial charge in [-0.2, -0.15) is 0 Å². The molecule has 1 amide bonds. The first kappa shape index (κ1) is 12.9. The minimum Gasteiger partial charge on any atom is -0.343 e. The number of hydrogen-bond donors (Lipinski definition) is 0. The van der Waals surface area contributed by atoms with E-state index in [1.807, 2.05) is 4.90 Å². The van der Waals surface area contributed by atoms with E-state index < -0.39 is 0 Å². The summed E-state index contributed by atoms with van der Waals surface area (Å²) in [5.41, 5.74) is 0. The fraction of sp³-hybridized carbons (Fsp3) is 0.929. The van der Waals surface area contributed by atoms with Crippen molar-refractivity contribution in [2.24, 2.45) is 0 Å². The molecule has 0 aromatic carbocycles. The highest BCUT2D eigenvalue weighted by Gasteiger charge is 2.23. The Balaban J connectivity index is 1.74. The predicted molar refractivity (Wildman–Crippen MR) is 69.9 cm³/mol. The monoisotopic (exact) mass is 238 g/mol. The van der Waals surface area contributed by atoms with Crippen LogP contribution in [-0.4, -0.2) is 47.9 Å². The molecule has 3 heteroatoms. The van der Waals surface area contributed by atoms with Crippen LogP contribution in [0.5, 0.6) is 0 Å². The number of rotatable bonds is 4. The molecule has 2 saturated heterocycles. The maximum absolute atomic E-state index is 12.0. The molecule has 98 valence electrons. The van der Waals surface area contributed by atoms with Gasteiger partial charge in [-0.25, -0.2) is 0 Å². The molecule has 0 radical (unpaired) electrons. The van der Waals surface area contributed by atoms with Crippen molar-refractivity contribution in [3.8, 4) is 0 Å². The maximum Gasteiger partial charge on any atom is 0.223 e. The predicted octanol–water partition coefficient (Wildman–Crippen LogP) is 2.26. The molecular formula is C14H26N2O. The molecule has 0 saturated carbocycles. The molecular weight excluding hydrogens is 212 g/mol. The summed E-state index contributed by atoms with van der Waals surface area (Å²) in [7, 11) is 0. The Bertz CT molecular complexity index is 249. The summed E-state index contributed by atoms with van der Waals surface area (Å²) < 4.78 is 0. The van der Waals surface area contributed by atoms with Crippen molar-refractivity contribution in [2.45, 2.75) is 57.9 Å². The van der Waals surface area contributed by atoms with Crippen LogP contribution in [0.4, 0.5) is 0 Å². The molecule has 2 aliphatic heterocycles. The van der Waals surface area contributed by atoms with Gasteiger partial charge in [0.25, 0.3) is 0 Å². The highest BCUT2D eigenvalue weighted by atomic mass is 16.2. The van der Waals surface area contributed by atoms with Crippen LogP contribution >= 0.6 is 0 Å². The molecule has 17 heavy (non-hydrogen) atoms. The van der Waals surface area contributed by atoms with Gasteiger partial charge < -0.3 is 4.90 Å². The molecule has 1 unspecified atom stereocenters. The van der Waals surface area contributed by atoms with Gasteiger partial charge in [-0.05, 0) is 38.6 Å². The fourth-order valence-electron chi connectivity index (χ4n) is 3.18. The van der Waals surface area contributed by atoms with Crippen LogP contribution in [-0.2, 0) is 4.79 Å². The van der Waals surface area contributed by atoms with Gasteiger partial charge in [0.2, 0.25) is 5.91 Å². The zero-order valence-corrected chi connectivity index (χ0v) is 11.2. The second-order valence-electron chi connectivity index (χ2n) is 5.43. The average molecular weight is 238 g/mol. The Morgan fingerprint density at radius 3 is 2.53 bits per heavy atom. The Labute approximate surface area is 105 Å².